The van der Waals surface area contributed by atoms with Gasteiger partial charge in [-0.05, 0) is 35.7 Å². The summed E-state index contributed by atoms with van der Waals surface area (Å²) in [4.78, 5) is 11.7. The van der Waals surface area contributed by atoms with Gasteiger partial charge in [-0.15, -0.1) is 0 Å². The highest BCUT2D eigenvalue weighted by atomic mass is 32.2. The third kappa shape index (κ3) is 4.47. The van der Waals surface area contributed by atoms with Crippen LogP contribution in [0, 0.1) is 6.92 Å². The molecule has 6 heteroatoms. The van der Waals surface area contributed by atoms with E-state index in [-0.39, 0.29) is 23.5 Å². The first-order valence-electron chi connectivity index (χ1n) is 8.86. The fourth-order valence-electron chi connectivity index (χ4n) is 2.98. The largest absolute Gasteiger partial charge is 0.366 e. The van der Waals surface area contributed by atoms with Crippen LogP contribution in [-0.4, -0.2) is 18.6 Å². The van der Waals surface area contributed by atoms with Gasteiger partial charge >= 0.3 is 0 Å². The Bertz CT molecular complexity index is 1020. The Morgan fingerprint density at radius 3 is 1.82 bits per heavy atom. The van der Waals surface area contributed by atoms with Crippen molar-refractivity contribution in [3.8, 4) is 0 Å². The third-order valence-electron chi connectivity index (χ3n) is 4.52. The number of amides is 1. The van der Waals surface area contributed by atoms with Crippen molar-refractivity contribution in [2.24, 2.45) is 5.73 Å². The van der Waals surface area contributed by atoms with E-state index in [1.807, 2.05) is 60.7 Å². The molecule has 0 atom stereocenters. The fraction of sp³-hybridized carbons (Fsp3) is 0.136. The van der Waals surface area contributed by atoms with Crippen LogP contribution in [0.1, 0.15) is 27.0 Å². The predicted octanol–water partition coefficient (Wildman–Crippen LogP) is 3.49. The Labute approximate surface area is 165 Å². The van der Waals surface area contributed by atoms with Gasteiger partial charge in [-0.25, -0.2) is 8.42 Å². The maximum Gasteiger partial charge on any atom is 0.249 e. The average molecular weight is 394 g/mol. The molecule has 0 aliphatic carbocycles. The maximum atomic E-state index is 13.4. The van der Waals surface area contributed by atoms with E-state index in [0.717, 1.165) is 11.1 Å². The summed E-state index contributed by atoms with van der Waals surface area (Å²) in [7, 11) is -3.84. The van der Waals surface area contributed by atoms with E-state index in [1.165, 1.54) is 16.4 Å². The highest BCUT2D eigenvalue weighted by Gasteiger charge is 2.26. The molecule has 144 valence electrons. The molecule has 0 fully saturated rings. The molecule has 0 saturated heterocycles. The molecule has 3 rings (SSSR count). The first kappa shape index (κ1) is 19.8. The number of primary amides is 1. The minimum absolute atomic E-state index is 0.0544. The van der Waals surface area contributed by atoms with Gasteiger partial charge in [0.2, 0.25) is 15.9 Å². The van der Waals surface area contributed by atoms with Gasteiger partial charge in [0.1, 0.15) is 0 Å². The average Bonchev–Trinajstić information content (AvgIpc) is 2.69. The Hall–Kier alpha value is -2.96. The zero-order valence-electron chi connectivity index (χ0n) is 15.6. The number of nitrogens with two attached hydrogens (primary N) is 1. The molecule has 0 aromatic heterocycles. The van der Waals surface area contributed by atoms with Crippen molar-refractivity contribution in [3.05, 3.63) is 101 Å². The number of sulfonamides is 1. The second-order valence-electron chi connectivity index (χ2n) is 6.59. The highest BCUT2D eigenvalue weighted by molar-refractivity contribution is 7.89. The summed E-state index contributed by atoms with van der Waals surface area (Å²) < 4.78 is 28.2. The number of hydrogen-bond donors (Lipinski definition) is 1. The molecule has 0 aliphatic heterocycles. The number of carbonyl (C=O) groups excluding carboxylic acids is 1. The lowest BCUT2D eigenvalue weighted by Crippen LogP contribution is -2.30. The zero-order chi connectivity index (χ0) is 20.1. The molecule has 3 aromatic rings. The van der Waals surface area contributed by atoms with Gasteiger partial charge in [-0.3, -0.25) is 4.79 Å². The molecule has 0 spiro atoms. The summed E-state index contributed by atoms with van der Waals surface area (Å²) in [5, 5.41) is 0. The minimum atomic E-state index is -3.84. The predicted molar refractivity (Wildman–Crippen MR) is 109 cm³/mol. The summed E-state index contributed by atoms with van der Waals surface area (Å²) in [6.07, 6.45) is 0. The maximum absolute atomic E-state index is 13.4. The van der Waals surface area contributed by atoms with Crippen LogP contribution in [0.25, 0.3) is 0 Å². The van der Waals surface area contributed by atoms with Crippen LogP contribution in [0.2, 0.25) is 0 Å². The van der Waals surface area contributed by atoms with Gasteiger partial charge < -0.3 is 5.73 Å². The quantitative estimate of drug-likeness (QED) is 0.666. The number of nitrogens with zero attached hydrogens (tertiary/aromatic N) is 1. The Kier molecular flexibility index (Phi) is 5.92. The Morgan fingerprint density at radius 2 is 1.36 bits per heavy atom. The molecule has 3 aromatic carbocycles. The van der Waals surface area contributed by atoms with Crippen molar-refractivity contribution in [2.45, 2.75) is 24.9 Å². The van der Waals surface area contributed by atoms with Crippen LogP contribution < -0.4 is 5.73 Å². The van der Waals surface area contributed by atoms with Crippen molar-refractivity contribution >= 4 is 15.9 Å². The van der Waals surface area contributed by atoms with Crippen molar-refractivity contribution in [2.75, 3.05) is 0 Å². The van der Waals surface area contributed by atoms with E-state index in [1.54, 1.807) is 13.0 Å². The molecular weight excluding hydrogens is 372 g/mol. The van der Waals surface area contributed by atoms with Gasteiger partial charge in [-0.1, -0.05) is 66.7 Å². The summed E-state index contributed by atoms with van der Waals surface area (Å²) in [6, 6.07) is 23.3. The lowest BCUT2D eigenvalue weighted by Gasteiger charge is -2.23. The van der Waals surface area contributed by atoms with E-state index >= 15 is 0 Å². The first-order valence-corrected chi connectivity index (χ1v) is 10.3. The van der Waals surface area contributed by atoms with Crippen molar-refractivity contribution in [1.82, 2.24) is 4.31 Å². The summed E-state index contributed by atoms with van der Waals surface area (Å²) in [6.45, 7) is 2.16. The van der Waals surface area contributed by atoms with E-state index in [2.05, 4.69) is 0 Å². The van der Waals surface area contributed by atoms with E-state index < -0.39 is 15.9 Å². The summed E-state index contributed by atoms with van der Waals surface area (Å²) in [5.74, 6) is -0.646. The molecule has 0 radical (unpaired) electrons. The van der Waals surface area contributed by atoms with Gasteiger partial charge in [0.15, 0.2) is 0 Å². The molecular formula is C22H22N2O3S. The smallest absolute Gasteiger partial charge is 0.249 e. The summed E-state index contributed by atoms with van der Waals surface area (Å²) in [5.41, 5.74) is 8.01. The Morgan fingerprint density at radius 1 is 0.857 bits per heavy atom. The lowest BCUT2D eigenvalue weighted by molar-refractivity contribution is 0.0999. The number of benzene rings is 3. The van der Waals surface area contributed by atoms with Crippen LogP contribution in [0.5, 0.6) is 0 Å². The van der Waals surface area contributed by atoms with Gasteiger partial charge in [-0.2, -0.15) is 4.31 Å². The van der Waals surface area contributed by atoms with Crippen molar-refractivity contribution in [1.29, 1.82) is 0 Å². The van der Waals surface area contributed by atoms with Gasteiger partial charge in [0.25, 0.3) is 0 Å². The van der Waals surface area contributed by atoms with E-state index in [4.69, 9.17) is 5.73 Å². The van der Waals surface area contributed by atoms with Crippen LogP contribution in [0.3, 0.4) is 0 Å². The lowest BCUT2D eigenvalue weighted by atomic mass is 10.1. The van der Waals surface area contributed by atoms with Crippen LogP contribution in [-0.2, 0) is 23.1 Å². The van der Waals surface area contributed by atoms with Crippen molar-refractivity contribution < 1.29 is 13.2 Å². The molecule has 5 nitrogen and oxygen atoms in total. The molecule has 0 saturated carbocycles. The standard InChI is InChI=1S/C22H22N2O3S/c1-17-12-13-20(14-21(17)22(23)25)28(26,27)24(15-18-8-4-2-5-9-18)16-19-10-6-3-7-11-19/h2-14H,15-16H2,1H3,(H2,23,25). The second-order valence-corrected chi connectivity index (χ2v) is 8.52. The topological polar surface area (TPSA) is 80.5 Å². The number of hydrogen-bond acceptors (Lipinski definition) is 3. The molecule has 0 unspecified atom stereocenters. The number of rotatable bonds is 7. The van der Waals surface area contributed by atoms with E-state index in [0.29, 0.717) is 5.56 Å². The molecule has 2 N–H and O–H groups in total. The summed E-state index contributed by atoms with van der Waals surface area (Å²) >= 11 is 0. The molecule has 1 amide bonds. The number of aryl methyl sites for hydroxylation is 1. The molecule has 0 bridgehead atoms. The van der Waals surface area contributed by atoms with Crippen LogP contribution in [0.15, 0.2) is 83.8 Å². The minimum Gasteiger partial charge on any atom is -0.366 e. The van der Waals surface area contributed by atoms with Crippen molar-refractivity contribution in [3.63, 3.8) is 0 Å². The Balaban J connectivity index is 2.02. The fourth-order valence-corrected chi connectivity index (χ4v) is 4.42. The molecule has 0 aliphatic rings. The second kappa shape index (κ2) is 8.37. The highest BCUT2D eigenvalue weighted by Crippen LogP contribution is 2.23. The SMILES string of the molecule is Cc1ccc(S(=O)(=O)N(Cc2ccccc2)Cc2ccccc2)cc1C(N)=O. The normalized spacial score (nSPS) is 11.5. The third-order valence-corrected chi connectivity index (χ3v) is 6.30. The van der Waals surface area contributed by atoms with Crippen LogP contribution in [0.4, 0.5) is 0 Å². The molecule has 0 heterocycles. The van der Waals surface area contributed by atoms with E-state index in [9.17, 15) is 13.2 Å². The first-order chi connectivity index (χ1) is 13.4. The zero-order valence-corrected chi connectivity index (χ0v) is 16.4. The molecule has 28 heavy (non-hydrogen) atoms. The van der Waals surface area contributed by atoms with Crippen LogP contribution >= 0.6 is 0 Å². The van der Waals surface area contributed by atoms with Gasteiger partial charge in [0.05, 0.1) is 4.90 Å². The number of carbonyl (C=O) groups is 1. The van der Waals surface area contributed by atoms with Gasteiger partial charge in [0, 0.05) is 18.7 Å². The monoisotopic (exact) mass is 394 g/mol.